The third-order valence-electron chi connectivity index (χ3n) is 4.31. The van der Waals surface area contributed by atoms with E-state index in [1.54, 1.807) is 43.3 Å². The molecule has 0 aromatic heterocycles. The van der Waals surface area contributed by atoms with Gasteiger partial charge in [0, 0.05) is 11.6 Å². The van der Waals surface area contributed by atoms with Crippen LogP contribution in [-0.4, -0.2) is 11.1 Å². The zero-order valence-electron chi connectivity index (χ0n) is 16.4. The summed E-state index contributed by atoms with van der Waals surface area (Å²) >= 11 is 0. The number of alkyl halides is 2. The Kier molecular flexibility index (Phi) is 6.56. The summed E-state index contributed by atoms with van der Waals surface area (Å²) in [4.78, 5) is 10.8. The highest BCUT2D eigenvalue weighted by molar-refractivity contribution is 7.55. The average Bonchev–Trinajstić information content (AvgIpc) is 2.74. The number of hydrogen-bond donors (Lipinski definition) is 1. The van der Waals surface area contributed by atoms with Gasteiger partial charge in [-0.25, -0.2) is 9.36 Å². The van der Waals surface area contributed by atoms with Gasteiger partial charge in [-0.15, -0.1) is 0 Å². The van der Waals surface area contributed by atoms with Gasteiger partial charge in [0.1, 0.15) is 11.5 Å². The summed E-state index contributed by atoms with van der Waals surface area (Å²) in [6, 6.07) is 20.0. The average molecular weight is 444 g/mol. The number of allylic oxidation sites excluding steroid dienone is 1. The minimum Gasteiger partial charge on any atom is -0.478 e. The third-order valence-corrected chi connectivity index (χ3v) is 6.16. The number of benzene rings is 3. The van der Waals surface area contributed by atoms with E-state index in [1.165, 1.54) is 36.4 Å². The number of carboxylic acids is 1. The Morgan fingerprint density at radius 1 is 0.871 bits per heavy atom. The number of hydrogen-bond acceptors (Lipinski definition) is 4. The number of halogens is 2. The first-order chi connectivity index (χ1) is 14.7. The molecule has 3 aromatic rings. The van der Waals surface area contributed by atoms with Crippen molar-refractivity contribution in [1.29, 1.82) is 0 Å². The highest BCUT2D eigenvalue weighted by Crippen LogP contribution is 2.65. The lowest BCUT2D eigenvalue weighted by molar-refractivity contribution is -0.131. The van der Waals surface area contributed by atoms with Crippen LogP contribution in [0.15, 0.2) is 91.0 Å². The molecule has 3 aromatic carbocycles. The van der Waals surface area contributed by atoms with Gasteiger partial charge < -0.3 is 14.2 Å². The van der Waals surface area contributed by atoms with Crippen molar-refractivity contribution in [3.8, 4) is 11.5 Å². The largest absolute Gasteiger partial charge is 0.504 e. The van der Waals surface area contributed by atoms with Crippen molar-refractivity contribution in [3.63, 3.8) is 0 Å². The number of carbonyl (C=O) groups is 1. The van der Waals surface area contributed by atoms with Crippen molar-refractivity contribution >= 4 is 19.1 Å². The maximum Gasteiger partial charge on any atom is 0.504 e. The van der Waals surface area contributed by atoms with Crippen molar-refractivity contribution < 1.29 is 32.3 Å². The van der Waals surface area contributed by atoms with Gasteiger partial charge in [0.05, 0.1) is 0 Å². The second kappa shape index (κ2) is 9.14. The SMILES string of the molecule is CC(=CC(=O)O)c1ccc(C(F)(F)P(=O)(Oc2ccccc2)Oc2ccccc2)cc1. The predicted molar refractivity (Wildman–Crippen MR) is 113 cm³/mol. The van der Waals surface area contributed by atoms with Crippen LogP contribution in [0.4, 0.5) is 8.78 Å². The zero-order chi connectivity index (χ0) is 22.5. The Bertz CT molecular complexity index is 1070. The Balaban J connectivity index is 2.00. The van der Waals surface area contributed by atoms with Gasteiger partial charge in [-0.2, -0.15) is 8.78 Å². The van der Waals surface area contributed by atoms with Crippen LogP contribution in [0.25, 0.3) is 5.57 Å². The van der Waals surface area contributed by atoms with Gasteiger partial charge in [-0.1, -0.05) is 60.7 Å². The number of aliphatic carboxylic acids is 1. The molecule has 0 aliphatic rings. The standard InChI is InChI=1S/C23H19F2O5P/c1-17(16-22(26)27)18-12-14-19(15-13-18)23(24,25)31(28,29-20-8-4-2-5-9-20)30-21-10-6-3-7-11-21/h2-16H,1H3,(H,26,27). The summed E-state index contributed by atoms with van der Waals surface area (Å²) in [5.74, 6) is -1.21. The first-order valence-corrected chi connectivity index (χ1v) is 10.7. The fraction of sp³-hybridized carbons (Fsp3) is 0.0870. The molecule has 0 saturated carbocycles. The Morgan fingerprint density at radius 2 is 1.32 bits per heavy atom. The lowest BCUT2D eigenvalue weighted by Gasteiger charge is -2.27. The summed E-state index contributed by atoms with van der Waals surface area (Å²) < 4.78 is 54.9. The molecule has 8 heteroatoms. The van der Waals surface area contributed by atoms with Gasteiger partial charge in [0.25, 0.3) is 0 Å². The molecule has 0 amide bonds. The second-order valence-electron chi connectivity index (χ2n) is 6.59. The van der Waals surface area contributed by atoms with E-state index < -0.39 is 24.8 Å². The molecule has 0 saturated heterocycles. The highest BCUT2D eigenvalue weighted by atomic mass is 31.2. The maximum atomic E-state index is 15.5. The molecule has 5 nitrogen and oxygen atoms in total. The fourth-order valence-electron chi connectivity index (χ4n) is 2.73. The molecule has 0 fully saturated rings. The van der Waals surface area contributed by atoms with Crippen LogP contribution in [-0.2, 0) is 15.0 Å². The van der Waals surface area contributed by atoms with E-state index in [9.17, 15) is 9.36 Å². The van der Waals surface area contributed by atoms with Gasteiger partial charge in [0.15, 0.2) is 0 Å². The zero-order valence-corrected chi connectivity index (χ0v) is 17.3. The van der Waals surface area contributed by atoms with Crippen LogP contribution in [0.2, 0.25) is 0 Å². The van der Waals surface area contributed by atoms with E-state index in [0.717, 1.165) is 18.2 Å². The van der Waals surface area contributed by atoms with Gasteiger partial charge in [0.2, 0.25) is 0 Å². The number of carboxylic acid groups (broad SMARTS) is 1. The van der Waals surface area contributed by atoms with E-state index in [2.05, 4.69) is 0 Å². The monoisotopic (exact) mass is 444 g/mol. The molecule has 0 aliphatic carbocycles. The summed E-state index contributed by atoms with van der Waals surface area (Å²) in [6.07, 6.45) is 0.967. The third kappa shape index (κ3) is 5.19. The van der Waals surface area contributed by atoms with Crippen LogP contribution in [0.3, 0.4) is 0 Å². The predicted octanol–water partition coefficient (Wildman–Crippen LogP) is 6.57. The molecular weight excluding hydrogens is 425 g/mol. The first-order valence-electron chi connectivity index (χ1n) is 9.21. The van der Waals surface area contributed by atoms with E-state index in [4.69, 9.17) is 14.2 Å². The molecule has 0 bridgehead atoms. The number of para-hydroxylation sites is 2. The molecule has 3 rings (SSSR count). The van der Waals surface area contributed by atoms with Crippen molar-refractivity contribution in [2.75, 3.05) is 0 Å². The lowest BCUT2D eigenvalue weighted by atomic mass is 10.1. The summed E-state index contributed by atoms with van der Waals surface area (Å²) in [6.45, 7) is 1.54. The molecule has 1 N–H and O–H groups in total. The van der Waals surface area contributed by atoms with Crippen LogP contribution < -0.4 is 9.05 Å². The summed E-state index contributed by atoms with van der Waals surface area (Å²) in [7, 11) is -5.09. The van der Waals surface area contributed by atoms with E-state index in [0.29, 0.717) is 11.1 Å². The molecule has 0 heterocycles. The quantitative estimate of drug-likeness (QED) is 0.314. The first kappa shape index (κ1) is 22.2. The normalized spacial score (nSPS) is 12.3. The van der Waals surface area contributed by atoms with Crippen molar-refractivity contribution in [1.82, 2.24) is 0 Å². The Morgan fingerprint density at radius 3 is 1.74 bits per heavy atom. The topological polar surface area (TPSA) is 72.8 Å². The van der Waals surface area contributed by atoms with Crippen molar-refractivity contribution in [2.45, 2.75) is 12.6 Å². The molecule has 0 radical (unpaired) electrons. The van der Waals surface area contributed by atoms with E-state index >= 15 is 8.78 Å². The van der Waals surface area contributed by atoms with E-state index in [-0.39, 0.29) is 11.5 Å². The smallest absolute Gasteiger partial charge is 0.478 e. The molecule has 0 spiro atoms. The maximum absolute atomic E-state index is 15.5. The van der Waals surface area contributed by atoms with Gasteiger partial charge >= 0.3 is 19.2 Å². The van der Waals surface area contributed by atoms with Crippen LogP contribution in [0.5, 0.6) is 11.5 Å². The molecule has 0 atom stereocenters. The highest BCUT2D eigenvalue weighted by Gasteiger charge is 2.58. The van der Waals surface area contributed by atoms with E-state index in [1.807, 2.05) is 0 Å². The van der Waals surface area contributed by atoms with Gasteiger partial charge in [-0.05, 0) is 42.3 Å². The minimum absolute atomic E-state index is 0.0294. The fourth-order valence-corrected chi connectivity index (χ4v) is 4.26. The van der Waals surface area contributed by atoms with Crippen LogP contribution in [0, 0.1) is 0 Å². The molecule has 0 aliphatic heterocycles. The number of rotatable bonds is 8. The van der Waals surface area contributed by atoms with Crippen molar-refractivity contribution in [2.24, 2.45) is 0 Å². The molecule has 0 unspecified atom stereocenters. The minimum atomic E-state index is -5.09. The molecular formula is C23H19F2O5P. The summed E-state index contributed by atoms with van der Waals surface area (Å²) in [5.41, 5.74) is -3.77. The molecule has 31 heavy (non-hydrogen) atoms. The summed E-state index contributed by atoms with van der Waals surface area (Å²) in [5, 5.41) is 8.85. The van der Waals surface area contributed by atoms with Crippen LogP contribution >= 0.6 is 7.60 Å². The second-order valence-corrected chi connectivity index (χ2v) is 8.51. The van der Waals surface area contributed by atoms with Gasteiger partial charge in [-0.3, -0.25) is 0 Å². The van der Waals surface area contributed by atoms with Crippen molar-refractivity contribution in [3.05, 3.63) is 102 Å². The van der Waals surface area contributed by atoms with Crippen LogP contribution in [0.1, 0.15) is 18.1 Å². The Labute approximate surface area is 178 Å². The molecule has 160 valence electrons. The Hall–Kier alpha value is -3.44. The lowest BCUT2D eigenvalue weighted by Crippen LogP contribution is -2.21.